The van der Waals surface area contributed by atoms with E-state index in [2.05, 4.69) is 53.2 Å². The fourth-order valence-corrected chi connectivity index (χ4v) is 4.21. The summed E-state index contributed by atoms with van der Waals surface area (Å²) in [6, 6.07) is 15.1. The van der Waals surface area contributed by atoms with Crippen LogP contribution in [0.2, 0.25) is 5.02 Å². The molecule has 1 aliphatic rings. The third-order valence-corrected chi connectivity index (χ3v) is 5.75. The van der Waals surface area contributed by atoms with Crippen LogP contribution in [0.1, 0.15) is 30.9 Å². The van der Waals surface area contributed by atoms with Gasteiger partial charge in [-0.15, -0.1) is 0 Å². The van der Waals surface area contributed by atoms with Crippen LogP contribution in [-0.2, 0) is 27.3 Å². The molecule has 0 saturated heterocycles. The van der Waals surface area contributed by atoms with Crippen molar-refractivity contribution < 1.29 is 34.8 Å². The maximum absolute atomic E-state index is 10.3. The molecule has 2 aromatic carbocycles. The van der Waals surface area contributed by atoms with Gasteiger partial charge < -0.3 is 30.3 Å². The molecule has 35 heavy (non-hydrogen) atoms. The molecule has 0 amide bonds. The molecule has 0 saturated carbocycles. The molecule has 0 fully saturated rings. The number of halogens is 1. The number of nitrogens with one attached hydrogen (secondary N) is 1. The highest BCUT2D eigenvalue weighted by Gasteiger charge is 2.40. The number of aromatic nitrogens is 1. The van der Waals surface area contributed by atoms with Gasteiger partial charge in [-0.2, -0.15) is 0 Å². The minimum atomic E-state index is -2.74. The predicted molar refractivity (Wildman–Crippen MR) is 133 cm³/mol. The molecule has 3 aromatic rings. The summed E-state index contributed by atoms with van der Waals surface area (Å²) in [4.78, 5) is 30.5. The number of fused-ring (bicyclic) bond motifs is 5. The third kappa shape index (κ3) is 6.39. The number of benzene rings is 2. The lowest BCUT2D eigenvalue weighted by molar-refractivity contribution is -0.170. The molecule has 2 heterocycles. The van der Waals surface area contributed by atoms with Crippen molar-refractivity contribution in [2.24, 2.45) is 0 Å². The minimum absolute atomic E-state index is 0.882. The van der Waals surface area contributed by atoms with E-state index in [9.17, 15) is 14.4 Å². The Labute approximate surface area is 207 Å². The molecule has 0 radical (unpaired) electrons. The highest BCUT2D eigenvalue weighted by molar-refractivity contribution is 6.32. The lowest BCUT2D eigenvalue weighted by atomic mass is 9.96. The number of carbonyl (C=O) groups is 3. The van der Waals surface area contributed by atoms with Gasteiger partial charge in [0.25, 0.3) is 0 Å². The van der Waals surface area contributed by atoms with Crippen LogP contribution in [0.15, 0.2) is 42.5 Å². The second kappa shape index (κ2) is 11.8. The standard InChI is InChI=1S/C17H14ClN.C6H8O7.C2H7N/c1-2-12-14-9-17-13-6-4-3-5-11(13)10-19(17)16(14)8-7-15(12)18;7-3(8)1-6(13,5(11)12)2-4(9)10;1-3-2/h3-9H,2,10H2,1H3;13H,1-2H2,(H,7,8)(H,9,10)(H,11,12);3H,1-2H3. The first kappa shape index (κ1) is 27.8. The topological polar surface area (TPSA) is 149 Å². The van der Waals surface area contributed by atoms with Gasteiger partial charge in [-0.3, -0.25) is 9.59 Å². The normalized spacial score (nSPS) is 11.5. The molecular formula is C25H29ClN2O7. The van der Waals surface area contributed by atoms with Crippen LogP contribution in [0.5, 0.6) is 0 Å². The highest BCUT2D eigenvalue weighted by atomic mass is 35.5. The highest BCUT2D eigenvalue weighted by Crippen LogP contribution is 2.39. The number of rotatable bonds is 6. The van der Waals surface area contributed by atoms with Crippen molar-refractivity contribution in [3.05, 3.63) is 58.6 Å². The summed E-state index contributed by atoms with van der Waals surface area (Å²) in [5.41, 5.74) is 3.91. The van der Waals surface area contributed by atoms with Crippen molar-refractivity contribution in [2.45, 2.75) is 38.3 Å². The number of carboxylic acids is 3. The minimum Gasteiger partial charge on any atom is -0.481 e. The van der Waals surface area contributed by atoms with Crippen LogP contribution in [0.4, 0.5) is 0 Å². The largest absolute Gasteiger partial charge is 0.481 e. The number of carboxylic acid groups (broad SMARTS) is 3. The Morgan fingerprint density at radius 1 is 1.03 bits per heavy atom. The van der Waals surface area contributed by atoms with Crippen LogP contribution in [0.3, 0.4) is 0 Å². The third-order valence-electron chi connectivity index (χ3n) is 5.40. The number of hydrogen-bond donors (Lipinski definition) is 5. The van der Waals surface area contributed by atoms with E-state index in [-0.39, 0.29) is 0 Å². The van der Waals surface area contributed by atoms with Crippen LogP contribution >= 0.6 is 11.6 Å². The molecule has 9 nitrogen and oxygen atoms in total. The summed E-state index contributed by atoms with van der Waals surface area (Å²) in [5, 5.41) is 38.7. The molecule has 10 heteroatoms. The number of nitrogens with zero attached hydrogens (tertiary/aromatic N) is 1. The molecule has 0 spiro atoms. The van der Waals surface area contributed by atoms with Gasteiger partial charge >= 0.3 is 17.9 Å². The van der Waals surface area contributed by atoms with E-state index in [4.69, 9.17) is 32.0 Å². The molecule has 0 unspecified atom stereocenters. The molecule has 1 aliphatic heterocycles. The summed E-state index contributed by atoms with van der Waals surface area (Å²) < 4.78 is 2.40. The maximum atomic E-state index is 10.3. The summed E-state index contributed by atoms with van der Waals surface area (Å²) in [6.07, 6.45) is -1.31. The average Bonchev–Trinajstić information content (AvgIpc) is 3.29. The second-order valence-electron chi connectivity index (χ2n) is 8.06. The van der Waals surface area contributed by atoms with Crippen molar-refractivity contribution >= 4 is 40.4 Å². The molecule has 0 bridgehead atoms. The Hall–Kier alpha value is -3.40. The van der Waals surface area contributed by atoms with Crippen molar-refractivity contribution in [2.75, 3.05) is 14.1 Å². The SMILES string of the molecule is CCc1c(Cl)ccc2c1cc1n2Cc2ccccc2-1.CNC.O=C(O)CC(O)(CC(=O)O)C(=O)O. The van der Waals surface area contributed by atoms with Crippen molar-refractivity contribution in [3.8, 4) is 11.3 Å². The van der Waals surface area contributed by atoms with Crippen molar-refractivity contribution in [1.29, 1.82) is 0 Å². The average molecular weight is 505 g/mol. The lowest BCUT2D eigenvalue weighted by Gasteiger charge is -2.18. The first-order valence-electron chi connectivity index (χ1n) is 10.9. The van der Waals surface area contributed by atoms with Crippen LogP contribution < -0.4 is 5.32 Å². The Balaban J connectivity index is 0.000000238. The van der Waals surface area contributed by atoms with Crippen molar-refractivity contribution in [1.82, 2.24) is 9.88 Å². The number of aliphatic hydroxyl groups is 1. The Morgan fingerprint density at radius 2 is 1.60 bits per heavy atom. The number of hydrogen-bond acceptors (Lipinski definition) is 5. The molecule has 4 rings (SSSR count). The first-order valence-corrected chi connectivity index (χ1v) is 11.2. The summed E-state index contributed by atoms with van der Waals surface area (Å²) >= 11 is 6.32. The zero-order valence-corrected chi connectivity index (χ0v) is 20.5. The molecule has 0 atom stereocenters. The van der Waals surface area contributed by atoms with E-state index >= 15 is 0 Å². The van der Waals surface area contributed by atoms with E-state index in [1.807, 2.05) is 20.2 Å². The molecule has 5 N–H and O–H groups in total. The fraction of sp³-hybridized carbons (Fsp3) is 0.320. The smallest absolute Gasteiger partial charge is 0.336 e. The Morgan fingerprint density at radius 3 is 2.11 bits per heavy atom. The van der Waals surface area contributed by atoms with Gasteiger partial charge in [-0.05, 0) is 49.8 Å². The zero-order chi connectivity index (χ0) is 26.3. The van der Waals surface area contributed by atoms with Gasteiger partial charge in [0.15, 0.2) is 5.60 Å². The summed E-state index contributed by atoms with van der Waals surface area (Å²) in [7, 11) is 3.75. The van der Waals surface area contributed by atoms with E-state index in [1.165, 1.54) is 33.3 Å². The van der Waals surface area contributed by atoms with Gasteiger partial charge in [-0.1, -0.05) is 42.8 Å². The van der Waals surface area contributed by atoms with E-state index in [0.29, 0.717) is 0 Å². The van der Waals surface area contributed by atoms with Gasteiger partial charge in [0.1, 0.15) is 0 Å². The molecular weight excluding hydrogens is 476 g/mol. The molecule has 1 aromatic heterocycles. The van der Waals surface area contributed by atoms with Gasteiger partial charge in [0, 0.05) is 33.7 Å². The van der Waals surface area contributed by atoms with Gasteiger partial charge in [0.2, 0.25) is 0 Å². The molecule has 0 aliphatic carbocycles. The van der Waals surface area contributed by atoms with Crippen LogP contribution in [0.25, 0.3) is 22.2 Å². The van der Waals surface area contributed by atoms with E-state index in [1.54, 1.807) is 0 Å². The van der Waals surface area contributed by atoms with E-state index in [0.717, 1.165) is 18.0 Å². The fourth-order valence-electron chi connectivity index (χ4n) is 3.91. The van der Waals surface area contributed by atoms with E-state index < -0.39 is 36.4 Å². The quantitative estimate of drug-likeness (QED) is 0.268. The van der Waals surface area contributed by atoms with Crippen LogP contribution in [-0.4, -0.2) is 62.6 Å². The molecule has 188 valence electrons. The van der Waals surface area contributed by atoms with Gasteiger partial charge in [0.05, 0.1) is 12.8 Å². The predicted octanol–water partition coefficient (Wildman–Crippen LogP) is 3.47. The van der Waals surface area contributed by atoms with Crippen LogP contribution in [0, 0.1) is 0 Å². The monoisotopic (exact) mass is 504 g/mol. The Kier molecular flexibility index (Phi) is 9.41. The van der Waals surface area contributed by atoms with Gasteiger partial charge in [-0.25, -0.2) is 4.79 Å². The first-order chi connectivity index (χ1) is 16.5. The number of aliphatic carboxylic acids is 3. The lowest BCUT2D eigenvalue weighted by Crippen LogP contribution is -2.42. The van der Waals surface area contributed by atoms with Crippen molar-refractivity contribution in [3.63, 3.8) is 0 Å². The maximum Gasteiger partial charge on any atom is 0.336 e. The second-order valence-corrected chi connectivity index (χ2v) is 8.47. The summed E-state index contributed by atoms with van der Waals surface area (Å²) in [5.74, 6) is -5.02. The number of aryl methyl sites for hydroxylation is 1. The summed E-state index contributed by atoms with van der Waals surface area (Å²) in [6.45, 7) is 3.14. The zero-order valence-electron chi connectivity index (χ0n) is 19.7. The Bertz CT molecular complexity index is 1220.